The Morgan fingerprint density at radius 2 is 2.50 bits per heavy atom. The largest absolute Gasteiger partial charge is 0.373 e. The highest BCUT2D eigenvalue weighted by molar-refractivity contribution is 7.98. The van der Waals surface area contributed by atoms with E-state index in [1.807, 2.05) is 18.7 Å². The molecular formula is C11H19NOS. The lowest BCUT2D eigenvalue weighted by atomic mass is 10.1. The van der Waals surface area contributed by atoms with E-state index in [9.17, 15) is 0 Å². The van der Waals surface area contributed by atoms with Crippen LogP contribution in [0.15, 0.2) is 16.6 Å². The zero-order valence-electron chi connectivity index (χ0n) is 9.25. The molecule has 0 amide bonds. The molecular weight excluding hydrogens is 194 g/mol. The third-order valence-corrected chi connectivity index (χ3v) is 3.07. The molecule has 3 heteroatoms. The van der Waals surface area contributed by atoms with Gasteiger partial charge in [0.25, 0.3) is 0 Å². The number of hydrogen-bond acceptors (Lipinski definition) is 3. The number of hydrogen-bond donors (Lipinski definition) is 0. The van der Waals surface area contributed by atoms with Crippen molar-refractivity contribution in [1.29, 1.82) is 0 Å². The summed E-state index contributed by atoms with van der Waals surface area (Å²) in [6.45, 7) is 5.62. The topological polar surface area (TPSA) is 21.6 Å². The van der Waals surface area contributed by atoms with E-state index < -0.39 is 0 Å². The lowest BCUT2D eigenvalue weighted by Crippen LogP contribution is -2.27. The second-order valence-electron chi connectivity index (χ2n) is 3.50. The highest BCUT2D eigenvalue weighted by Crippen LogP contribution is 2.12. The first kappa shape index (κ1) is 11.8. The van der Waals surface area contributed by atoms with Gasteiger partial charge in [-0.3, -0.25) is 4.99 Å². The first-order valence-electron chi connectivity index (χ1n) is 5.04. The van der Waals surface area contributed by atoms with Crippen molar-refractivity contribution in [3.63, 3.8) is 0 Å². The Morgan fingerprint density at radius 1 is 1.71 bits per heavy atom. The van der Waals surface area contributed by atoms with Crippen LogP contribution in [0.3, 0.4) is 0 Å². The second kappa shape index (κ2) is 6.25. The van der Waals surface area contributed by atoms with Crippen LogP contribution in [0.25, 0.3) is 0 Å². The molecule has 0 N–H and O–H groups in total. The van der Waals surface area contributed by atoms with Crippen molar-refractivity contribution >= 4 is 17.5 Å². The van der Waals surface area contributed by atoms with E-state index in [0.29, 0.717) is 12.6 Å². The molecule has 0 spiro atoms. The molecule has 0 saturated heterocycles. The predicted molar refractivity (Wildman–Crippen MR) is 64.5 cm³/mol. The average molecular weight is 213 g/mol. The van der Waals surface area contributed by atoms with Gasteiger partial charge in [-0.15, -0.1) is 0 Å². The van der Waals surface area contributed by atoms with Crippen LogP contribution in [0.1, 0.15) is 20.3 Å². The van der Waals surface area contributed by atoms with Gasteiger partial charge < -0.3 is 4.74 Å². The van der Waals surface area contributed by atoms with Gasteiger partial charge in [0.1, 0.15) is 0 Å². The summed E-state index contributed by atoms with van der Waals surface area (Å²) in [7, 11) is 0. The fraction of sp³-hybridized carbons (Fsp3) is 0.727. The highest BCUT2D eigenvalue weighted by atomic mass is 32.2. The van der Waals surface area contributed by atoms with E-state index in [1.165, 1.54) is 11.3 Å². The Balaban J connectivity index is 2.55. The molecule has 80 valence electrons. The van der Waals surface area contributed by atoms with Gasteiger partial charge >= 0.3 is 0 Å². The monoisotopic (exact) mass is 213 g/mol. The fourth-order valence-electron chi connectivity index (χ4n) is 1.37. The van der Waals surface area contributed by atoms with Crippen LogP contribution in [0.4, 0.5) is 0 Å². The maximum absolute atomic E-state index is 5.53. The van der Waals surface area contributed by atoms with Crippen molar-refractivity contribution in [2.45, 2.75) is 26.3 Å². The van der Waals surface area contributed by atoms with Gasteiger partial charge in [0.2, 0.25) is 0 Å². The average Bonchev–Trinajstić information content (AvgIpc) is 2.25. The zero-order chi connectivity index (χ0) is 10.4. The summed E-state index contributed by atoms with van der Waals surface area (Å²) in [6.07, 6.45) is 5.35. The molecule has 0 aromatic carbocycles. The summed E-state index contributed by atoms with van der Waals surface area (Å²) >= 11 is 1.87. The Kier molecular flexibility index (Phi) is 5.26. The number of rotatable bonds is 4. The second-order valence-corrected chi connectivity index (χ2v) is 4.48. The Morgan fingerprint density at radius 3 is 3.14 bits per heavy atom. The summed E-state index contributed by atoms with van der Waals surface area (Å²) in [6, 6.07) is 0.376. The molecule has 0 aliphatic carbocycles. The van der Waals surface area contributed by atoms with Gasteiger partial charge in [-0.25, -0.2) is 0 Å². The van der Waals surface area contributed by atoms with Gasteiger partial charge in [0, 0.05) is 0 Å². The maximum atomic E-state index is 5.53. The molecule has 0 aromatic rings. The van der Waals surface area contributed by atoms with Crippen LogP contribution in [-0.2, 0) is 4.74 Å². The van der Waals surface area contributed by atoms with Crippen molar-refractivity contribution in [1.82, 2.24) is 0 Å². The quantitative estimate of drug-likeness (QED) is 0.716. The third kappa shape index (κ3) is 3.46. The van der Waals surface area contributed by atoms with E-state index in [4.69, 9.17) is 9.73 Å². The van der Waals surface area contributed by atoms with Gasteiger partial charge in [0.05, 0.1) is 25.0 Å². The summed E-state index contributed by atoms with van der Waals surface area (Å²) in [4.78, 5) is 4.70. The van der Waals surface area contributed by atoms with E-state index in [1.54, 1.807) is 0 Å². The van der Waals surface area contributed by atoms with Gasteiger partial charge in [-0.2, -0.15) is 11.8 Å². The molecule has 1 heterocycles. The van der Waals surface area contributed by atoms with Crippen LogP contribution >= 0.6 is 11.8 Å². The summed E-state index contributed by atoms with van der Waals surface area (Å²) in [5, 5.41) is 0. The summed E-state index contributed by atoms with van der Waals surface area (Å²) in [5.74, 6) is 1.17. The normalized spacial score (nSPS) is 23.5. The third-order valence-electron chi connectivity index (χ3n) is 2.43. The van der Waals surface area contributed by atoms with Crippen molar-refractivity contribution in [2.75, 3.05) is 25.2 Å². The zero-order valence-corrected chi connectivity index (χ0v) is 10.1. The van der Waals surface area contributed by atoms with Crippen LogP contribution in [0.5, 0.6) is 0 Å². The minimum atomic E-state index is 0.376. The number of aliphatic imine (C=N–C) groups is 1. The lowest BCUT2D eigenvalue weighted by molar-refractivity contribution is 0.143. The molecule has 0 radical (unpaired) electrons. The standard InChI is InChI=1S/C11H19NOS/c1-4-9(2)11-8-13-7-10(12-11)5-6-14-3/h4,10H,5-8H2,1-3H3/b9-4+. The Bertz CT molecular complexity index is 235. The molecule has 1 rings (SSSR count). The number of ether oxygens (including phenoxy) is 1. The number of nitrogens with zero attached hydrogens (tertiary/aromatic N) is 1. The van der Waals surface area contributed by atoms with E-state index >= 15 is 0 Å². The first-order valence-corrected chi connectivity index (χ1v) is 6.44. The van der Waals surface area contributed by atoms with Crippen LogP contribution < -0.4 is 0 Å². The van der Waals surface area contributed by atoms with Crippen LogP contribution in [-0.4, -0.2) is 37.0 Å². The molecule has 0 saturated carbocycles. The number of thioether (sulfide) groups is 1. The number of allylic oxidation sites excluding steroid dienone is 1. The van der Waals surface area contributed by atoms with E-state index in [-0.39, 0.29) is 0 Å². The smallest absolute Gasteiger partial charge is 0.0887 e. The first-order chi connectivity index (χ1) is 6.77. The van der Waals surface area contributed by atoms with Crippen LogP contribution in [0.2, 0.25) is 0 Å². The Labute approximate surface area is 90.8 Å². The minimum absolute atomic E-state index is 0.376. The molecule has 1 unspecified atom stereocenters. The molecule has 0 aromatic heterocycles. The SMILES string of the molecule is C/C=C(\C)C1=NC(CCSC)COC1. The van der Waals surface area contributed by atoms with Gasteiger partial charge in [-0.05, 0) is 37.9 Å². The van der Waals surface area contributed by atoms with Crippen molar-refractivity contribution in [2.24, 2.45) is 4.99 Å². The lowest BCUT2D eigenvalue weighted by Gasteiger charge is -2.21. The fourth-order valence-corrected chi connectivity index (χ4v) is 1.88. The minimum Gasteiger partial charge on any atom is -0.373 e. The molecule has 14 heavy (non-hydrogen) atoms. The van der Waals surface area contributed by atoms with Crippen molar-refractivity contribution in [3.8, 4) is 0 Å². The molecule has 1 aliphatic heterocycles. The molecule has 0 bridgehead atoms. The highest BCUT2D eigenvalue weighted by Gasteiger charge is 2.15. The van der Waals surface area contributed by atoms with Gasteiger partial charge in [0.15, 0.2) is 0 Å². The molecule has 2 nitrogen and oxygen atoms in total. The summed E-state index contributed by atoms with van der Waals surface area (Å²) < 4.78 is 5.53. The van der Waals surface area contributed by atoms with E-state index in [0.717, 1.165) is 18.7 Å². The van der Waals surface area contributed by atoms with Crippen LogP contribution in [0, 0.1) is 0 Å². The maximum Gasteiger partial charge on any atom is 0.0887 e. The Hall–Kier alpha value is -0.280. The van der Waals surface area contributed by atoms with Gasteiger partial charge in [-0.1, -0.05) is 6.08 Å². The molecule has 1 atom stereocenters. The summed E-state index contributed by atoms with van der Waals surface area (Å²) in [5.41, 5.74) is 2.38. The predicted octanol–water partition coefficient (Wildman–Crippen LogP) is 2.55. The molecule has 0 fully saturated rings. The molecule has 1 aliphatic rings. The van der Waals surface area contributed by atoms with E-state index in [2.05, 4.69) is 19.3 Å². The van der Waals surface area contributed by atoms with Crippen molar-refractivity contribution in [3.05, 3.63) is 11.6 Å². The van der Waals surface area contributed by atoms with Crippen molar-refractivity contribution < 1.29 is 4.74 Å².